The fourth-order valence-electron chi connectivity index (χ4n) is 1.39. The lowest BCUT2D eigenvalue weighted by Gasteiger charge is -2.19. The molecular formula is C11H14FNO3. The zero-order valence-corrected chi connectivity index (χ0v) is 9.40. The summed E-state index contributed by atoms with van der Waals surface area (Å²) in [4.78, 5) is 12.9. The zero-order chi connectivity index (χ0) is 12.3. The van der Waals surface area contributed by atoms with E-state index in [2.05, 4.69) is 4.74 Å². The van der Waals surface area contributed by atoms with Gasteiger partial charge < -0.3 is 14.7 Å². The average Bonchev–Trinajstić information content (AvgIpc) is 2.26. The molecule has 1 unspecified atom stereocenters. The Hall–Kier alpha value is -1.62. The van der Waals surface area contributed by atoms with E-state index >= 15 is 0 Å². The third-order valence-corrected chi connectivity index (χ3v) is 2.19. The zero-order valence-electron chi connectivity index (χ0n) is 9.40. The van der Waals surface area contributed by atoms with Gasteiger partial charge in [0.2, 0.25) is 0 Å². The molecule has 1 rings (SSSR count). The second-order valence-electron chi connectivity index (χ2n) is 3.52. The summed E-state index contributed by atoms with van der Waals surface area (Å²) in [5.41, 5.74) is 0.760. The Bertz CT molecular complexity index is 393. The van der Waals surface area contributed by atoms with Crippen LogP contribution in [0.3, 0.4) is 0 Å². The Morgan fingerprint density at radius 1 is 1.50 bits per heavy atom. The van der Waals surface area contributed by atoms with Gasteiger partial charge in [0.25, 0.3) is 0 Å². The van der Waals surface area contributed by atoms with Gasteiger partial charge in [0.1, 0.15) is 5.82 Å². The lowest BCUT2D eigenvalue weighted by molar-refractivity contribution is -0.150. The molecule has 0 aliphatic rings. The van der Waals surface area contributed by atoms with Crippen LogP contribution in [0.25, 0.3) is 0 Å². The number of halogens is 1. The van der Waals surface area contributed by atoms with Crippen LogP contribution in [0.15, 0.2) is 18.2 Å². The van der Waals surface area contributed by atoms with E-state index in [9.17, 15) is 14.3 Å². The number of methoxy groups -OCH3 is 1. The molecule has 1 aromatic carbocycles. The third-order valence-electron chi connectivity index (χ3n) is 2.19. The molecule has 4 nitrogen and oxygen atoms in total. The van der Waals surface area contributed by atoms with Gasteiger partial charge in [0.05, 0.1) is 7.11 Å². The highest BCUT2D eigenvalue weighted by Crippen LogP contribution is 2.26. The summed E-state index contributed by atoms with van der Waals surface area (Å²) in [6.45, 7) is 0. The molecule has 0 aromatic heterocycles. The quantitative estimate of drug-likeness (QED) is 0.785. The Morgan fingerprint density at radius 3 is 2.62 bits per heavy atom. The summed E-state index contributed by atoms with van der Waals surface area (Å²) >= 11 is 0. The lowest BCUT2D eigenvalue weighted by atomic mass is 10.1. The van der Waals surface area contributed by atoms with Crippen LogP contribution in [0.4, 0.5) is 10.1 Å². The molecule has 0 amide bonds. The molecule has 1 N–H and O–H groups in total. The van der Waals surface area contributed by atoms with Crippen LogP contribution in [0.5, 0.6) is 0 Å². The summed E-state index contributed by atoms with van der Waals surface area (Å²) in [6.07, 6.45) is -1.47. The van der Waals surface area contributed by atoms with Gasteiger partial charge >= 0.3 is 5.97 Å². The van der Waals surface area contributed by atoms with E-state index in [1.54, 1.807) is 19.0 Å². The largest absolute Gasteiger partial charge is 0.467 e. The molecule has 5 heteroatoms. The minimum absolute atomic E-state index is 0.192. The van der Waals surface area contributed by atoms with Gasteiger partial charge in [0, 0.05) is 25.3 Å². The maximum Gasteiger partial charge on any atom is 0.339 e. The van der Waals surface area contributed by atoms with Crippen LogP contribution in [-0.4, -0.2) is 32.3 Å². The number of carbonyl (C=O) groups is 1. The van der Waals surface area contributed by atoms with Crippen molar-refractivity contribution in [1.29, 1.82) is 0 Å². The number of benzene rings is 1. The summed E-state index contributed by atoms with van der Waals surface area (Å²) in [5, 5.41) is 9.68. The molecule has 0 radical (unpaired) electrons. The average molecular weight is 227 g/mol. The van der Waals surface area contributed by atoms with Crippen molar-refractivity contribution >= 4 is 11.7 Å². The maximum atomic E-state index is 13.1. The van der Waals surface area contributed by atoms with Crippen molar-refractivity contribution in [2.45, 2.75) is 6.10 Å². The third kappa shape index (κ3) is 2.49. The van der Waals surface area contributed by atoms with E-state index in [1.807, 2.05) is 0 Å². The number of carbonyl (C=O) groups excluding carboxylic acids is 1. The van der Waals surface area contributed by atoms with E-state index in [0.29, 0.717) is 5.69 Å². The van der Waals surface area contributed by atoms with Crippen molar-refractivity contribution in [3.63, 3.8) is 0 Å². The molecule has 88 valence electrons. The first-order chi connectivity index (χ1) is 7.47. The number of nitrogens with zero attached hydrogens (tertiary/aromatic N) is 1. The maximum absolute atomic E-state index is 13.1. The number of rotatable bonds is 3. The van der Waals surface area contributed by atoms with Crippen LogP contribution in [0.1, 0.15) is 11.7 Å². The number of anilines is 1. The van der Waals surface area contributed by atoms with Crippen molar-refractivity contribution in [2.24, 2.45) is 0 Å². The Balaban J connectivity index is 3.19. The van der Waals surface area contributed by atoms with Crippen molar-refractivity contribution in [3.05, 3.63) is 29.6 Å². The van der Waals surface area contributed by atoms with Crippen LogP contribution in [-0.2, 0) is 9.53 Å². The normalized spacial score (nSPS) is 12.1. The van der Waals surface area contributed by atoms with E-state index in [-0.39, 0.29) is 5.56 Å². The predicted molar refractivity (Wildman–Crippen MR) is 57.7 cm³/mol. The number of hydrogen-bond acceptors (Lipinski definition) is 4. The number of aliphatic hydroxyl groups is 1. The molecular weight excluding hydrogens is 213 g/mol. The smallest absolute Gasteiger partial charge is 0.339 e. The minimum atomic E-state index is -1.47. The predicted octanol–water partition coefficient (Wildman–Crippen LogP) is 1.10. The molecule has 1 aromatic rings. The van der Waals surface area contributed by atoms with Gasteiger partial charge in [-0.25, -0.2) is 9.18 Å². The van der Waals surface area contributed by atoms with E-state index in [1.165, 1.54) is 19.2 Å². The highest BCUT2D eigenvalue weighted by Gasteiger charge is 2.22. The van der Waals surface area contributed by atoms with Crippen LogP contribution < -0.4 is 4.90 Å². The number of aliphatic hydroxyl groups excluding tert-OH is 1. The standard InChI is InChI=1S/C11H14FNO3/c1-13(2)9-5-4-7(12)6-8(9)10(14)11(15)16-3/h4-6,10,14H,1-3H3. The molecule has 0 spiro atoms. The van der Waals surface area contributed by atoms with E-state index in [4.69, 9.17) is 0 Å². The molecule has 0 aliphatic carbocycles. The first-order valence-electron chi connectivity index (χ1n) is 4.70. The first-order valence-corrected chi connectivity index (χ1v) is 4.70. The van der Waals surface area contributed by atoms with Gasteiger partial charge in [-0.1, -0.05) is 0 Å². The molecule has 0 aliphatic heterocycles. The second kappa shape index (κ2) is 4.94. The van der Waals surface area contributed by atoms with Crippen molar-refractivity contribution in [2.75, 3.05) is 26.1 Å². The molecule has 0 heterocycles. The fourth-order valence-corrected chi connectivity index (χ4v) is 1.39. The Kier molecular flexibility index (Phi) is 3.84. The van der Waals surface area contributed by atoms with Gasteiger partial charge in [-0.15, -0.1) is 0 Å². The van der Waals surface area contributed by atoms with Gasteiger partial charge in [-0.3, -0.25) is 0 Å². The number of hydrogen-bond donors (Lipinski definition) is 1. The Morgan fingerprint density at radius 2 is 2.12 bits per heavy atom. The van der Waals surface area contributed by atoms with Crippen molar-refractivity contribution in [1.82, 2.24) is 0 Å². The topological polar surface area (TPSA) is 49.8 Å². The molecule has 0 bridgehead atoms. The molecule has 16 heavy (non-hydrogen) atoms. The minimum Gasteiger partial charge on any atom is -0.467 e. The molecule has 1 atom stereocenters. The summed E-state index contributed by atoms with van der Waals surface area (Å²) in [5.74, 6) is -1.32. The van der Waals surface area contributed by atoms with Crippen LogP contribution in [0.2, 0.25) is 0 Å². The second-order valence-corrected chi connectivity index (χ2v) is 3.52. The monoisotopic (exact) mass is 227 g/mol. The van der Waals surface area contributed by atoms with Crippen LogP contribution in [0, 0.1) is 5.82 Å². The van der Waals surface area contributed by atoms with Crippen LogP contribution >= 0.6 is 0 Å². The lowest BCUT2D eigenvalue weighted by Crippen LogP contribution is -2.19. The fraction of sp³-hybridized carbons (Fsp3) is 0.364. The first kappa shape index (κ1) is 12.4. The highest BCUT2D eigenvalue weighted by atomic mass is 19.1. The summed E-state index contributed by atoms with van der Waals surface area (Å²) in [7, 11) is 4.64. The summed E-state index contributed by atoms with van der Waals surface area (Å²) < 4.78 is 17.5. The highest BCUT2D eigenvalue weighted by molar-refractivity contribution is 5.78. The summed E-state index contributed by atoms with van der Waals surface area (Å²) in [6, 6.07) is 3.89. The van der Waals surface area contributed by atoms with E-state index in [0.717, 1.165) is 6.07 Å². The molecule has 0 saturated carbocycles. The van der Waals surface area contributed by atoms with Gasteiger partial charge in [-0.2, -0.15) is 0 Å². The van der Waals surface area contributed by atoms with Gasteiger partial charge in [0.15, 0.2) is 6.10 Å². The number of esters is 1. The Labute approximate surface area is 93.3 Å². The van der Waals surface area contributed by atoms with Crippen molar-refractivity contribution in [3.8, 4) is 0 Å². The van der Waals surface area contributed by atoms with E-state index < -0.39 is 17.9 Å². The van der Waals surface area contributed by atoms with Gasteiger partial charge in [-0.05, 0) is 18.2 Å². The SMILES string of the molecule is COC(=O)C(O)c1cc(F)ccc1N(C)C. The molecule has 0 fully saturated rings. The number of ether oxygens (including phenoxy) is 1. The van der Waals surface area contributed by atoms with Crippen molar-refractivity contribution < 1.29 is 19.0 Å². The molecule has 0 saturated heterocycles.